The lowest BCUT2D eigenvalue weighted by Gasteiger charge is -2.08. The summed E-state index contributed by atoms with van der Waals surface area (Å²) < 4.78 is 8.63. The molecule has 2 aromatic carbocycles. The highest BCUT2D eigenvalue weighted by molar-refractivity contribution is 6.42. The van der Waals surface area contributed by atoms with Gasteiger partial charge in [0.1, 0.15) is 10.8 Å². The molecule has 0 aliphatic heterocycles. The standard InChI is InChI=1S/C23H20Cl2N6O3/c1-2-30-13-18(21(29-30)23(33)26-15-7-4-3-5-8-15)27-22(32)17-11-12-31(28-17)14-34-19-10-6-9-16(24)20(19)25/h3-13H,2,14H2,1H3,(H,26,33)(H,27,32). The van der Waals surface area contributed by atoms with E-state index in [-0.39, 0.29) is 23.8 Å². The molecule has 0 spiro atoms. The molecule has 0 saturated carbocycles. The van der Waals surface area contributed by atoms with Crippen molar-refractivity contribution in [2.45, 2.75) is 20.2 Å². The maximum atomic E-state index is 12.8. The highest BCUT2D eigenvalue weighted by atomic mass is 35.5. The van der Waals surface area contributed by atoms with E-state index in [0.717, 1.165) is 0 Å². The Bertz CT molecular complexity index is 1320. The van der Waals surface area contributed by atoms with Gasteiger partial charge in [-0.25, -0.2) is 4.68 Å². The van der Waals surface area contributed by atoms with Gasteiger partial charge in [-0.15, -0.1) is 0 Å². The third-order valence-corrected chi connectivity index (χ3v) is 5.52. The van der Waals surface area contributed by atoms with Crippen LogP contribution in [0.5, 0.6) is 5.75 Å². The fraction of sp³-hybridized carbons (Fsp3) is 0.130. The van der Waals surface area contributed by atoms with Gasteiger partial charge < -0.3 is 15.4 Å². The summed E-state index contributed by atoms with van der Waals surface area (Å²) in [5.41, 5.74) is 1.13. The quantitative estimate of drug-likeness (QED) is 0.357. The molecule has 0 fully saturated rings. The molecule has 0 saturated heterocycles. The van der Waals surface area contributed by atoms with Crippen LogP contribution < -0.4 is 15.4 Å². The first kappa shape index (κ1) is 23.3. The van der Waals surface area contributed by atoms with Crippen molar-refractivity contribution in [3.05, 3.63) is 88.4 Å². The minimum absolute atomic E-state index is 0.0197. The number of carbonyl (C=O) groups is 2. The Morgan fingerprint density at radius 3 is 2.50 bits per heavy atom. The molecule has 0 radical (unpaired) electrons. The number of rotatable bonds is 8. The van der Waals surface area contributed by atoms with Crippen LogP contribution in [0.4, 0.5) is 11.4 Å². The number of nitrogens with one attached hydrogen (secondary N) is 2. The number of para-hydroxylation sites is 1. The Labute approximate surface area is 205 Å². The summed E-state index contributed by atoms with van der Waals surface area (Å²) in [5, 5.41) is 14.6. The molecule has 2 N–H and O–H groups in total. The number of halogens is 2. The molecule has 0 aliphatic rings. The SMILES string of the molecule is CCn1cc(NC(=O)c2ccn(COc3cccc(Cl)c3Cl)n2)c(C(=O)Nc2ccccc2)n1. The molecular formula is C23H20Cl2N6O3. The van der Waals surface area contributed by atoms with Crippen LogP contribution in [-0.2, 0) is 13.3 Å². The second kappa shape index (κ2) is 10.4. The van der Waals surface area contributed by atoms with Gasteiger partial charge in [-0.2, -0.15) is 10.2 Å². The van der Waals surface area contributed by atoms with Crippen LogP contribution >= 0.6 is 23.2 Å². The zero-order chi connectivity index (χ0) is 24.1. The molecule has 2 aromatic heterocycles. The summed E-state index contributed by atoms with van der Waals surface area (Å²) in [6.07, 6.45) is 3.19. The van der Waals surface area contributed by atoms with Gasteiger partial charge >= 0.3 is 0 Å². The first-order valence-corrected chi connectivity index (χ1v) is 11.1. The maximum Gasteiger partial charge on any atom is 0.278 e. The van der Waals surface area contributed by atoms with Crippen LogP contribution in [0.1, 0.15) is 27.9 Å². The number of hydrogen-bond acceptors (Lipinski definition) is 5. The lowest BCUT2D eigenvalue weighted by Crippen LogP contribution is -2.18. The molecule has 0 unspecified atom stereocenters. The normalized spacial score (nSPS) is 10.7. The molecule has 9 nitrogen and oxygen atoms in total. The second-order valence-corrected chi connectivity index (χ2v) is 7.87. The van der Waals surface area contributed by atoms with Crippen molar-refractivity contribution < 1.29 is 14.3 Å². The van der Waals surface area contributed by atoms with Gasteiger partial charge in [0.25, 0.3) is 11.8 Å². The molecule has 11 heteroatoms. The highest BCUT2D eigenvalue weighted by Gasteiger charge is 2.20. The van der Waals surface area contributed by atoms with Crippen molar-refractivity contribution in [3.8, 4) is 5.75 Å². The first-order valence-electron chi connectivity index (χ1n) is 10.3. The third kappa shape index (κ3) is 5.38. The zero-order valence-corrected chi connectivity index (χ0v) is 19.5. The van der Waals surface area contributed by atoms with E-state index in [1.54, 1.807) is 47.4 Å². The van der Waals surface area contributed by atoms with Crippen LogP contribution in [0.2, 0.25) is 10.0 Å². The summed E-state index contributed by atoms with van der Waals surface area (Å²) in [7, 11) is 0. The summed E-state index contributed by atoms with van der Waals surface area (Å²) in [5.74, 6) is -0.535. The third-order valence-electron chi connectivity index (χ3n) is 4.72. The molecule has 2 amide bonds. The lowest BCUT2D eigenvalue weighted by molar-refractivity contribution is 0.102. The van der Waals surface area contributed by atoms with Gasteiger partial charge in [0, 0.05) is 24.6 Å². The molecule has 4 aromatic rings. The predicted molar refractivity (Wildman–Crippen MR) is 130 cm³/mol. The fourth-order valence-corrected chi connectivity index (χ4v) is 3.37. The largest absolute Gasteiger partial charge is 0.470 e. The molecule has 0 atom stereocenters. The van der Waals surface area contributed by atoms with Gasteiger partial charge in [-0.05, 0) is 37.3 Å². The van der Waals surface area contributed by atoms with Crippen molar-refractivity contribution in [3.63, 3.8) is 0 Å². The predicted octanol–water partition coefficient (Wildman–Crippen LogP) is 4.95. The monoisotopic (exact) mass is 498 g/mol. The zero-order valence-electron chi connectivity index (χ0n) is 18.0. The van der Waals surface area contributed by atoms with Gasteiger partial charge in [-0.1, -0.05) is 47.5 Å². The number of nitrogens with zero attached hydrogens (tertiary/aromatic N) is 4. The van der Waals surface area contributed by atoms with Crippen LogP contribution in [0.3, 0.4) is 0 Å². The molecule has 174 valence electrons. The number of carbonyl (C=O) groups excluding carboxylic acids is 2. The number of amides is 2. The first-order chi connectivity index (χ1) is 16.4. The van der Waals surface area contributed by atoms with E-state index >= 15 is 0 Å². The smallest absolute Gasteiger partial charge is 0.278 e. The molecular weight excluding hydrogens is 479 g/mol. The van der Waals surface area contributed by atoms with Crippen LogP contribution in [0, 0.1) is 0 Å². The summed E-state index contributed by atoms with van der Waals surface area (Å²) in [4.78, 5) is 25.6. The minimum Gasteiger partial charge on any atom is -0.470 e. The summed E-state index contributed by atoms with van der Waals surface area (Å²) in [6, 6.07) is 15.6. The van der Waals surface area contributed by atoms with E-state index in [1.807, 2.05) is 25.1 Å². The Morgan fingerprint density at radius 2 is 1.74 bits per heavy atom. The number of aromatic nitrogens is 4. The average Bonchev–Trinajstić information content (AvgIpc) is 3.48. The number of benzene rings is 2. The second-order valence-electron chi connectivity index (χ2n) is 7.09. The molecule has 2 heterocycles. The van der Waals surface area contributed by atoms with Gasteiger partial charge in [-0.3, -0.25) is 14.3 Å². The van der Waals surface area contributed by atoms with Crippen LogP contribution in [0.25, 0.3) is 0 Å². The van der Waals surface area contributed by atoms with E-state index in [1.165, 1.54) is 10.7 Å². The van der Waals surface area contributed by atoms with Crippen molar-refractivity contribution in [1.82, 2.24) is 19.6 Å². The van der Waals surface area contributed by atoms with Gasteiger partial charge in [0.15, 0.2) is 18.1 Å². The highest BCUT2D eigenvalue weighted by Crippen LogP contribution is 2.31. The van der Waals surface area contributed by atoms with Crippen molar-refractivity contribution in [2.24, 2.45) is 0 Å². The van der Waals surface area contributed by atoms with Crippen LogP contribution in [0.15, 0.2) is 67.0 Å². The lowest BCUT2D eigenvalue weighted by atomic mass is 10.3. The molecule has 4 rings (SSSR count). The van der Waals surface area contributed by atoms with E-state index in [4.69, 9.17) is 27.9 Å². The Morgan fingerprint density at radius 1 is 0.941 bits per heavy atom. The average molecular weight is 499 g/mol. The van der Waals surface area contributed by atoms with Crippen molar-refractivity contribution in [2.75, 3.05) is 10.6 Å². The maximum absolute atomic E-state index is 12.8. The van der Waals surface area contributed by atoms with E-state index in [2.05, 4.69) is 20.8 Å². The molecule has 0 aliphatic carbocycles. The van der Waals surface area contributed by atoms with E-state index in [9.17, 15) is 9.59 Å². The number of hydrogen-bond donors (Lipinski definition) is 2. The van der Waals surface area contributed by atoms with E-state index in [0.29, 0.717) is 28.0 Å². The fourth-order valence-electron chi connectivity index (χ4n) is 3.03. The number of ether oxygens (including phenoxy) is 1. The Kier molecular flexibility index (Phi) is 7.15. The van der Waals surface area contributed by atoms with Crippen LogP contribution in [-0.4, -0.2) is 31.4 Å². The number of anilines is 2. The summed E-state index contributed by atoms with van der Waals surface area (Å²) in [6.45, 7) is 2.43. The molecule has 34 heavy (non-hydrogen) atoms. The Balaban J connectivity index is 1.44. The Hall–Kier alpha value is -3.82. The van der Waals surface area contributed by atoms with Gasteiger partial charge in [0.2, 0.25) is 0 Å². The minimum atomic E-state index is -0.496. The van der Waals surface area contributed by atoms with Crippen molar-refractivity contribution in [1.29, 1.82) is 0 Å². The van der Waals surface area contributed by atoms with Gasteiger partial charge in [0.05, 0.1) is 10.7 Å². The van der Waals surface area contributed by atoms with Crippen molar-refractivity contribution >= 4 is 46.4 Å². The number of aryl methyl sites for hydroxylation is 1. The summed E-state index contributed by atoms with van der Waals surface area (Å²) >= 11 is 12.1. The topological polar surface area (TPSA) is 103 Å². The van der Waals surface area contributed by atoms with E-state index < -0.39 is 11.8 Å². The molecule has 0 bridgehead atoms.